The average Bonchev–Trinajstić information content (AvgIpc) is 3.04. The number of rotatable bonds is 6. The highest BCUT2D eigenvalue weighted by Crippen LogP contribution is 2.15. The van der Waals surface area contributed by atoms with Crippen LogP contribution in [-0.2, 0) is 14.8 Å². The molecule has 0 unspecified atom stereocenters. The number of hydrogen-bond acceptors (Lipinski definition) is 4. The summed E-state index contributed by atoms with van der Waals surface area (Å²) in [5, 5.41) is 4.85. The molecule has 0 bridgehead atoms. The molecular formula is C18H18N4O3S. The Morgan fingerprint density at radius 2 is 1.88 bits per heavy atom. The van der Waals surface area contributed by atoms with E-state index in [2.05, 4.69) is 20.2 Å². The van der Waals surface area contributed by atoms with Crippen LogP contribution in [0.5, 0.6) is 0 Å². The first-order chi connectivity index (χ1) is 12.5. The van der Waals surface area contributed by atoms with E-state index in [1.54, 1.807) is 18.3 Å². The zero-order valence-corrected chi connectivity index (χ0v) is 14.9. The van der Waals surface area contributed by atoms with E-state index < -0.39 is 22.5 Å². The van der Waals surface area contributed by atoms with Crippen LogP contribution in [0.25, 0.3) is 10.9 Å². The smallest absolute Gasteiger partial charge is 0.255 e. The molecule has 3 rings (SSSR count). The molecule has 134 valence electrons. The number of carbonyl (C=O) groups is 1. The highest BCUT2D eigenvalue weighted by atomic mass is 32.2. The molecule has 0 aliphatic rings. The molecule has 0 atom stereocenters. The number of benzene rings is 2. The SMILES string of the molecule is Cc1ccc(S(=O)(=O)NCC(=O)N/N=C\c2c[nH]c3ccccc23)cc1. The number of nitrogens with zero attached hydrogens (tertiary/aromatic N) is 1. The molecule has 3 aromatic rings. The second kappa shape index (κ2) is 7.51. The van der Waals surface area contributed by atoms with Crippen molar-refractivity contribution < 1.29 is 13.2 Å². The number of carbonyl (C=O) groups excluding carboxylic acids is 1. The fraction of sp³-hybridized carbons (Fsp3) is 0.111. The lowest BCUT2D eigenvalue weighted by atomic mass is 10.2. The van der Waals surface area contributed by atoms with E-state index in [-0.39, 0.29) is 4.90 Å². The van der Waals surface area contributed by atoms with Crippen LogP contribution in [0, 0.1) is 6.92 Å². The van der Waals surface area contributed by atoms with Gasteiger partial charge in [0.25, 0.3) is 5.91 Å². The summed E-state index contributed by atoms with van der Waals surface area (Å²) in [4.78, 5) is 15.0. The second-order valence-corrected chi connectivity index (χ2v) is 7.49. The third-order valence-corrected chi connectivity index (χ3v) is 5.19. The van der Waals surface area contributed by atoms with Crippen molar-refractivity contribution in [2.24, 2.45) is 5.10 Å². The molecule has 8 heteroatoms. The highest BCUT2D eigenvalue weighted by Gasteiger charge is 2.14. The lowest BCUT2D eigenvalue weighted by molar-refractivity contribution is -0.119. The topological polar surface area (TPSA) is 103 Å². The van der Waals surface area contributed by atoms with E-state index in [1.165, 1.54) is 18.3 Å². The number of amides is 1. The standard InChI is InChI=1S/C18H18N4O3S/c1-13-6-8-15(9-7-13)26(24,25)21-12-18(23)22-20-11-14-10-19-17-5-3-2-4-16(14)17/h2-11,19,21H,12H2,1H3,(H,22,23)/b20-11-. The van der Waals surface area contributed by atoms with Gasteiger partial charge in [-0.15, -0.1) is 0 Å². The van der Waals surface area contributed by atoms with Crippen molar-refractivity contribution in [2.75, 3.05) is 6.54 Å². The van der Waals surface area contributed by atoms with Gasteiger partial charge in [0.1, 0.15) is 0 Å². The van der Waals surface area contributed by atoms with Crippen molar-refractivity contribution in [3.63, 3.8) is 0 Å². The predicted molar refractivity (Wildman–Crippen MR) is 100 cm³/mol. The Hall–Kier alpha value is -2.97. The zero-order valence-electron chi connectivity index (χ0n) is 14.1. The molecular weight excluding hydrogens is 352 g/mol. The average molecular weight is 370 g/mol. The summed E-state index contributed by atoms with van der Waals surface area (Å²) in [7, 11) is -3.74. The van der Waals surface area contributed by atoms with Crippen LogP contribution in [0.4, 0.5) is 0 Å². The van der Waals surface area contributed by atoms with E-state index in [9.17, 15) is 13.2 Å². The molecule has 0 radical (unpaired) electrons. The lowest BCUT2D eigenvalue weighted by Crippen LogP contribution is -2.34. The Morgan fingerprint density at radius 3 is 2.65 bits per heavy atom. The number of nitrogens with one attached hydrogen (secondary N) is 3. The van der Waals surface area contributed by atoms with Crippen molar-refractivity contribution in [1.29, 1.82) is 0 Å². The number of hydrogen-bond donors (Lipinski definition) is 3. The normalized spacial score (nSPS) is 11.9. The first-order valence-corrected chi connectivity index (χ1v) is 9.38. The monoisotopic (exact) mass is 370 g/mol. The van der Waals surface area contributed by atoms with Crippen LogP contribution in [0.1, 0.15) is 11.1 Å². The molecule has 1 aromatic heterocycles. The van der Waals surface area contributed by atoms with Gasteiger partial charge in [0.05, 0.1) is 17.7 Å². The van der Waals surface area contributed by atoms with Crippen LogP contribution in [0.2, 0.25) is 0 Å². The molecule has 0 aliphatic carbocycles. The summed E-state index contributed by atoms with van der Waals surface area (Å²) in [6.07, 6.45) is 3.28. The van der Waals surface area contributed by atoms with Crippen molar-refractivity contribution in [1.82, 2.24) is 15.1 Å². The van der Waals surface area contributed by atoms with Gasteiger partial charge in [-0.2, -0.15) is 5.10 Å². The van der Waals surface area contributed by atoms with Gasteiger partial charge < -0.3 is 4.98 Å². The van der Waals surface area contributed by atoms with Gasteiger partial charge in [-0.3, -0.25) is 4.79 Å². The predicted octanol–water partition coefficient (Wildman–Crippen LogP) is 1.90. The van der Waals surface area contributed by atoms with E-state index in [0.717, 1.165) is 22.0 Å². The van der Waals surface area contributed by atoms with E-state index >= 15 is 0 Å². The minimum Gasteiger partial charge on any atom is -0.361 e. The fourth-order valence-corrected chi connectivity index (χ4v) is 3.36. The lowest BCUT2D eigenvalue weighted by Gasteiger charge is -2.06. The Morgan fingerprint density at radius 1 is 1.15 bits per heavy atom. The molecule has 0 spiro atoms. The largest absolute Gasteiger partial charge is 0.361 e. The first kappa shape index (κ1) is 17.8. The molecule has 0 saturated heterocycles. The number of fused-ring (bicyclic) bond motifs is 1. The van der Waals surface area contributed by atoms with Crippen LogP contribution in [0.3, 0.4) is 0 Å². The summed E-state index contributed by atoms with van der Waals surface area (Å²) in [5.74, 6) is -0.559. The van der Waals surface area contributed by atoms with Crippen molar-refractivity contribution in [3.05, 3.63) is 65.9 Å². The summed E-state index contributed by atoms with van der Waals surface area (Å²) >= 11 is 0. The van der Waals surface area contributed by atoms with Gasteiger partial charge >= 0.3 is 0 Å². The molecule has 26 heavy (non-hydrogen) atoms. The summed E-state index contributed by atoms with van der Waals surface area (Å²) in [6.45, 7) is 1.46. The van der Waals surface area contributed by atoms with Crippen molar-refractivity contribution in [3.8, 4) is 0 Å². The second-order valence-electron chi connectivity index (χ2n) is 5.72. The third-order valence-electron chi connectivity index (χ3n) is 3.77. The van der Waals surface area contributed by atoms with Crippen LogP contribution >= 0.6 is 0 Å². The summed E-state index contributed by atoms with van der Waals surface area (Å²) < 4.78 is 26.5. The van der Waals surface area contributed by atoms with Gasteiger partial charge in [0.2, 0.25) is 10.0 Å². The van der Waals surface area contributed by atoms with Crippen molar-refractivity contribution >= 4 is 33.0 Å². The maximum Gasteiger partial charge on any atom is 0.255 e. The van der Waals surface area contributed by atoms with Crippen LogP contribution in [-0.4, -0.2) is 32.1 Å². The molecule has 1 heterocycles. The molecule has 3 N–H and O–H groups in total. The zero-order chi connectivity index (χ0) is 18.6. The van der Waals surface area contributed by atoms with E-state index in [0.29, 0.717) is 0 Å². The highest BCUT2D eigenvalue weighted by molar-refractivity contribution is 7.89. The Balaban J connectivity index is 1.56. The summed E-state index contributed by atoms with van der Waals surface area (Å²) in [6, 6.07) is 14.1. The molecule has 0 fully saturated rings. The third kappa shape index (κ3) is 4.16. The van der Waals surface area contributed by atoms with Crippen molar-refractivity contribution in [2.45, 2.75) is 11.8 Å². The molecule has 0 saturated carbocycles. The maximum atomic E-state index is 12.1. The Bertz CT molecular complexity index is 1050. The first-order valence-electron chi connectivity index (χ1n) is 7.90. The minimum atomic E-state index is -3.74. The maximum absolute atomic E-state index is 12.1. The summed E-state index contributed by atoms with van der Waals surface area (Å²) in [5.41, 5.74) is 5.05. The van der Waals surface area contributed by atoms with Crippen LogP contribution in [0.15, 0.2) is 64.7 Å². The number of aromatic amines is 1. The van der Waals surface area contributed by atoms with Gasteiger partial charge in [-0.25, -0.2) is 18.6 Å². The Labute approximate surface area is 151 Å². The van der Waals surface area contributed by atoms with Gasteiger partial charge in [-0.05, 0) is 25.1 Å². The molecule has 2 aromatic carbocycles. The van der Waals surface area contributed by atoms with Gasteiger partial charge in [0, 0.05) is 22.7 Å². The molecule has 7 nitrogen and oxygen atoms in total. The van der Waals surface area contributed by atoms with E-state index in [1.807, 2.05) is 31.2 Å². The van der Waals surface area contributed by atoms with Crippen LogP contribution < -0.4 is 10.1 Å². The fourth-order valence-electron chi connectivity index (χ4n) is 2.38. The number of para-hydroxylation sites is 1. The number of sulfonamides is 1. The van der Waals surface area contributed by atoms with Gasteiger partial charge in [-0.1, -0.05) is 35.9 Å². The molecule has 1 amide bonds. The van der Waals surface area contributed by atoms with E-state index in [4.69, 9.17) is 0 Å². The minimum absolute atomic E-state index is 0.109. The Kier molecular flexibility index (Phi) is 5.15. The number of aryl methyl sites for hydroxylation is 1. The quantitative estimate of drug-likeness (QED) is 0.456. The number of hydrazone groups is 1. The number of H-pyrrole nitrogens is 1. The van der Waals surface area contributed by atoms with Gasteiger partial charge in [0.15, 0.2) is 0 Å². The number of aromatic nitrogens is 1. The molecule has 0 aliphatic heterocycles.